The topological polar surface area (TPSA) is 39.1 Å². The number of imidazole rings is 1. The van der Waals surface area contributed by atoms with Crippen LogP contribution in [0, 0.1) is 0 Å². The van der Waals surface area contributed by atoms with E-state index in [0.29, 0.717) is 6.61 Å². The molecular formula is C14H17Br2N3O. The van der Waals surface area contributed by atoms with E-state index in [9.17, 15) is 0 Å². The normalized spacial score (nSPS) is 10.8. The van der Waals surface area contributed by atoms with E-state index in [0.717, 1.165) is 33.6 Å². The zero-order valence-electron chi connectivity index (χ0n) is 11.5. The molecule has 1 aromatic carbocycles. The van der Waals surface area contributed by atoms with Crippen LogP contribution in [0.3, 0.4) is 0 Å². The SMILES string of the molecule is CCn1ccnc1COc1c(Br)cc(CNC)cc1Br. The lowest BCUT2D eigenvalue weighted by Crippen LogP contribution is -2.07. The van der Waals surface area contributed by atoms with Gasteiger partial charge in [0, 0.05) is 25.5 Å². The van der Waals surface area contributed by atoms with Crippen LogP contribution in [0.1, 0.15) is 18.3 Å². The fraction of sp³-hybridized carbons (Fsp3) is 0.357. The van der Waals surface area contributed by atoms with E-state index in [-0.39, 0.29) is 0 Å². The molecule has 0 radical (unpaired) electrons. The molecular weight excluding hydrogens is 386 g/mol. The fourth-order valence-corrected chi connectivity index (χ4v) is 3.47. The van der Waals surface area contributed by atoms with Crippen molar-refractivity contribution in [2.24, 2.45) is 0 Å². The standard InChI is InChI=1S/C14H17Br2N3O/c1-3-19-5-4-18-13(19)9-20-14-11(15)6-10(8-17-2)7-12(14)16/h4-7,17H,3,8-9H2,1-2H3. The van der Waals surface area contributed by atoms with E-state index in [4.69, 9.17) is 4.74 Å². The Bertz CT molecular complexity index is 561. The Hall–Kier alpha value is -0.850. The first kappa shape index (κ1) is 15.5. The van der Waals surface area contributed by atoms with Crippen LogP contribution in [-0.2, 0) is 19.7 Å². The lowest BCUT2D eigenvalue weighted by Gasteiger charge is -2.12. The van der Waals surface area contributed by atoms with Crippen LogP contribution in [0.15, 0.2) is 33.5 Å². The van der Waals surface area contributed by atoms with Crippen LogP contribution in [0.5, 0.6) is 5.75 Å². The predicted octanol–water partition coefficient (Wildman–Crippen LogP) is 3.73. The van der Waals surface area contributed by atoms with Crippen molar-refractivity contribution in [1.82, 2.24) is 14.9 Å². The Balaban J connectivity index is 2.13. The van der Waals surface area contributed by atoms with Gasteiger partial charge in [-0.1, -0.05) is 0 Å². The number of nitrogens with one attached hydrogen (secondary N) is 1. The smallest absolute Gasteiger partial charge is 0.148 e. The summed E-state index contributed by atoms with van der Waals surface area (Å²) in [6.07, 6.45) is 3.75. The monoisotopic (exact) mass is 401 g/mol. The van der Waals surface area contributed by atoms with Gasteiger partial charge in [-0.15, -0.1) is 0 Å². The predicted molar refractivity (Wildman–Crippen MR) is 86.8 cm³/mol. The van der Waals surface area contributed by atoms with Crippen LogP contribution >= 0.6 is 31.9 Å². The molecule has 0 saturated heterocycles. The molecule has 0 spiro atoms. The third-order valence-corrected chi connectivity index (χ3v) is 4.11. The average Bonchev–Trinajstić information content (AvgIpc) is 2.85. The summed E-state index contributed by atoms with van der Waals surface area (Å²) in [4.78, 5) is 4.31. The van der Waals surface area contributed by atoms with Crippen molar-refractivity contribution in [1.29, 1.82) is 0 Å². The molecule has 0 atom stereocenters. The second-order valence-electron chi connectivity index (χ2n) is 4.34. The quantitative estimate of drug-likeness (QED) is 0.800. The highest BCUT2D eigenvalue weighted by molar-refractivity contribution is 9.11. The molecule has 108 valence electrons. The maximum Gasteiger partial charge on any atom is 0.148 e. The first-order chi connectivity index (χ1) is 9.65. The maximum atomic E-state index is 5.89. The number of ether oxygens (including phenoxy) is 1. The van der Waals surface area contributed by atoms with Crippen LogP contribution in [0.4, 0.5) is 0 Å². The second kappa shape index (κ2) is 7.24. The van der Waals surface area contributed by atoms with Crippen LogP contribution in [0.2, 0.25) is 0 Å². The molecule has 0 amide bonds. The summed E-state index contributed by atoms with van der Waals surface area (Å²) in [5.74, 6) is 1.72. The summed E-state index contributed by atoms with van der Waals surface area (Å²) >= 11 is 7.12. The number of hydrogen-bond acceptors (Lipinski definition) is 3. The van der Waals surface area contributed by atoms with E-state index in [1.165, 1.54) is 5.56 Å². The van der Waals surface area contributed by atoms with Crippen molar-refractivity contribution in [2.45, 2.75) is 26.6 Å². The number of halogens is 2. The lowest BCUT2D eigenvalue weighted by atomic mass is 10.2. The zero-order valence-corrected chi connectivity index (χ0v) is 14.7. The molecule has 0 unspecified atom stereocenters. The van der Waals surface area contributed by atoms with Gasteiger partial charge in [-0.05, 0) is 63.5 Å². The molecule has 6 heteroatoms. The van der Waals surface area contributed by atoms with E-state index in [1.54, 1.807) is 6.20 Å². The highest BCUT2D eigenvalue weighted by Crippen LogP contribution is 2.35. The summed E-state index contributed by atoms with van der Waals surface area (Å²) in [6, 6.07) is 4.12. The minimum absolute atomic E-state index is 0.448. The molecule has 0 bridgehead atoms. The highest BCUT2D eigenvalue weighted by Gasteiger charge is 2.10. The van der Waals surface area contributed by atoms with Crippen LogP contribution < -0.4 is 10.1 Å². The number of hydrogen-bond donors (Lipinski definition) is 1. The first-order valence-electron chi connectivity index (χ1n) is 6.41. The summed E-state index contributed by atoms with van der Waals surface area (Å²) in [7, 11) is 1.93. The second-order valence-corrected chi connectivity index (χ2v) is 6.05. The Morgan fingerprint density at radius 3 is 2.60 bits per heavy atom. The van der Waals surface area contributed by atoms with Crippen LogP contribution in [0.25, 0.3) is 0 Å². The summed E-state index contributed by atoms with van der Waals surface area (Å²) in [5.41, 5.74) is 1.19. The minimum Gasteiger partial charge on any atom is -0.483 e. The lowest BCUT2D eigenvalue weighted by molar-refractivity contribution is 0.286. The molecule has 0 aliphatic heterocycles. The Kier molecular flexibility index (Phi) is 5.63. The highest BCUT2D eigenvalue weighted by atomic mass is 79.9. The Labute approximate surface area is 135 Å². The molecule has 0 fully saturated rings. The third kappa shape index (κ3) is 3.62. The number of aryl methyl sites for hydroxylation is 1. The molecule has 0 saturated carbocycles. The van der Waals surface area contributed by atoms with E-state index < -0.39 is 0 Å². The molecule has 1 N–H and O–H groups in total. The van der Waals surface area contributed by atoms with Gasteiger partial charge in [0.1, 0.15) is 18.2 Å². The van der Waals surface area contributed by atoms with Crippen molar-refractivity contribution in [3.05, 3.63) is 44.9 Å². The van der Waals surface area contributed by atoms with Crippen molar-refractivity contribution >= 4 is 31.9 Å². The number of benzene rings is 1. The molecule has 0 aliphatic rings. The number of rotatable bonds is 6. The van der Waals surface area contributed by atoms with Gasteiger partial charge in [0.25, 0.3) is 0 Å². The van der Waals surface area contributed by atoms with Gasteiger partial charge in [0.2, 0.25) is 0 Å². The van der Waals surface area contributed by atoms with Gasteiger partial charge in [-0.25, -0.2) is 4.98 Å². The van der Waals surface area contributed by atoms with Gasteiger partial charge in [-0.3, -0.25) is 0 Å². The molecule has 20 heavy (non-hydrogen) atoms. The molecule has 2 aromatic rings. The summed E-state index contributed by atoms with van der Waals surface area (Å²) < 4.78 is 9.83. The number of aromatic nitrogens is 2. The van der Waals surface area contributed by atoms with Gasteiger partial charge < -0.3 is 14.6 Å². The van der Waals surface area contributed by atoms with Gasteiger partial charge in [0.05, 0.1) is 8.95 Å². The van der Waals surface area contributed by atoms with Gasteiger partial charge in [0.15, 0.2) is 0 Å². The van der Waals surface area contributed by atoms with E-state index >= 15 is 0 Å². The fourth-order valence-electron chi connectivity index (χ4n) is 1.96. The minimum atomic E-state index is 0.448. The van der Waals surface area contributed by atoms with Gasteiger partial charge in [-0.2, -0.15) is 0 Å². The molecule has 1 aromatic heterocycles. The van der Waals surface area contributed by atoms with Crippen molar-refractivity contribution in [3.63, 3.8) is 0 Å². The van der Waals surface area contributed by atoms with E-state index in [2.05, 4.69) is 65.8 Å². The largest absolute Gasteiger partial charge is 0.483 e. The first-order valence-corrected chi connectivity index (χ1v) is 7.99. The Morgan fingerprint density at radius 2 is 2.00 bits per heavy atom. The number of nitrogens with zero attached hydrogens (tertiary/aromatic N) is 2. The van der Waals surface area contributed by atoms with E-state index in [1.807, 2.05) is 13.2 Å². The molecule has 2 rings (SSSR count). The van der Waals surface area contributed by atoms with Crippen molar-refractivity contribution in [2.75, 3.05) is 7.05 Å². The van der Waals surface area contributed by atoms with Gasteiger partial charge >= 0.3 is 0 Å². The molecule has 1 heterocycles. The zero-order chi connectivity index (χ0) is 14.5. The summed E-state index contributed by atoms with van der Waals surface area (Å²) in [5, 5.41) is 3.13. The summed E-state index contributed by atoms with van der Waals surface area (Å²) in [6.45, 7) is 4.24. The van der Waals surface area contributed by atoms with Crippen molar-refractivity contribution in [3.8, 4) is 5.75 Å². The molecule has 0 aliphatic carbocycles. The van der Waals surface area contributed by atoms with Crippen molar-refractivity contribution < 1.29 is 4.74 Å². The van der Waals surface area contributed by atoms with Crippen LogP contribution in [-0.4, -0.2) is 16.6 Å². The third-order valence-electron chi connectivity index (χ3n) is 2.93. The average molecular weight is 403 g/mol. The Morgan fingerprint density at radius 1 is 1.30 bits per heavy atom. The maximum absolute atomic E-state index is 5.89. The molecule has 4 nitrogen and oxygen atoms in total.